The third kappa shape index (κ3) is 9.08. The monoisotopic (exact) mass is 473 g/mol. The standard InChI is InChI=1S/C16H13F4N3O2.C4H6O4/c1-15(25,9-23-8-12(17)7-22-23)14(24)5-10-2-3-11(6-21)13(4-10)16(18,19)20;5-3(6)1-2-4(7)8/h2-4,7-8,25H,5,9H2,1H3;1-2H2,(H,5,6)(H,7,8)/t15-;/m0./s1. The van der Waals surface area contributed by atoms with E-state index in [0.29, 0.717) is 6.07 Å². The van der Waals surface area contributed by atoms with Gasteiger partial charge < -0.3 is 15.3 Å². The molecule has 0 aliphatic carbocycles. The quantitative estimate of drug-likeness (QED) is 0.494. The van der Waals surface area contributed by atoms with Gasteiger partial charge in [-0.3, -0.25) is 19.1 Å². The Hall–Kier alpha value is -3.79. The molecular weight excluding hydrogens is 454 g/mol. The van der Waals surface area contributed by atoms with Crippen molar-refractivity contribution in [2.75, 3.05) is 0 Å². The van der Waals surface area contributed by atoms with E-state index >= 15 is 0 Å². The molecule has 0 fully saturated rings. The molecule has 0 bridgehead atoms. The van der Waals surface area contributed by atoms with Crippen molar-refractivity contribution in [3.05, 3.63) is 53.1 Å². The van der Waals surface area contributed by atoms with Gasteiger partial charge in [0.1, 0.15) is 5.60 Å². The number of nitriles is 1. The molecule has 3 N–H and O–H groups in total. The van der Waals surface area contributed by atoms with Gasteiger partial charge in [0.15, 0.2) is 11.6 Å². The van der Waals surface area contributed by atoms with Crippen LogP contribution in [0.1, 0.15) is 36.5 Å². The summed E-state index contributed by atoms with van der Waals surface area (Å²) < 4.78 is 52.7. The van der Waals surface area contributed by atoms with Crippen molar-refractivity contribution < 1.29 is 47.3 Å². The minimum Gasteiger partial charge on any atom is -0.481 e. The van der Waals surface area contributed by atoms with Gasteiger partial charge in [-0.05, 0) is 24.6 Å². The number of Topliss-reactive ketones (excluding diaryl/α,β-unsaturated/α-hetero) is 1. The number of aliphatic carboxylic acids is 2. The molecule has 9 nitrogen and oxygen atoms in total. The molecule has 0 radical (unpaired) electrons. The second-order valence-electron chi connectivity index (χ2n) is 7.01. The van der Waals surface area contributed by atoms with Gasteiger partial charge in [-0.1, -0.05) is 6.07 Å². The summed E-state index contributed by atoms with van der Waals surface area (Å²) in [5.41, 5.74) is -3.65. The van der Waals surface area contributed by atoms with Crippen molar-refractivity contribution in [2.45, 2.75) is 44.5 Å². The Morgan fingerprint density at radius 1 is 1.15 bits per heavy atom. The maximum atomic E-state index is 12.9. The number of halogens is 4. The number of aromatic nitrogens is 2. The van der Waals surface area contributed by atoms with Crippen molar-refractivity contribution in [3.63, 3.8) is 0 Å². The van der Waals surface area contributed by atoms with Crippen LogP contribution in [0.2, 0.25) is 0 Å². The molecule has 0 amide bonds. The van der Waals surface area contributed by atoms with E-state index in [9.17, 15) is 37.1 Å². The van der Waals surface area contributed by atoms with Crippen molar-refractivity contribution in [1.29, 1.82) is 5.26 Å². The Labute approximate surface area is 184 Å². The number of carbonyl (C=O) groups excluding carboxylic acids is 1. The number of carboxylic acids is 2. The van der Waals surface area contributed by atoms with Gasteiger partial charge in [-0.15, -0.1) is 0 Å². The summed E-state index contributed by atoms with van der Waals surface area (Å²) in [5, 5.41) is 38.4. The van der Waals surface area contributed by atoms with E-state index in [1.807, 2.05) is 0 Å². The molecule has 0 saturated heterocycles. The van der Waals surface area contributed by atoms with Crippen molar-refractivity contribution in [1.82, 2.24) is 9.78 Å². The van der Waals surface area contributed by atoms with E-state index in [2.05, 4.69) is 5.10 Å². The van der Waals surface area contributed by atoms with Crippen LogP contribution >= 0.6 is 0 Å². The molecule has 0 aliphatic heterocycles. The van der Waals surface area contributed by atoms with Crippen molar-refractivity contribution >= 4 is 17.7 Å². The number of alkyl halides is 3. The smallest absolute Gasteiger partial charge is 0.417 e. The Balaban J connectivity index is 0.000000582. The number of ketones is 1. The lowest BCUT2D eigenvalue weighted by molar-refractivity contribution is -0.143. The molecule has 1 aromatic heterocycles. The largest absolute Gasteiger partial charge is 0.481 e. The first-order valence-corrected chi connectivity index (χ1v) is 9.13. The Morgan fingerprint density at radius 3 is 2.15 bits per heavy atom. The summed E-state index contributed by atoms with van der Waals surface area (Å²) in [5.74, 6) is -3.56. The number of benzene rings is 1. The molecule has 0 unspecified atom stereocenters. The molecule has 0 spiro atoms. The van der Waals surface area contributed by atoms with Crippen LogP contribution in [-0.2, 0) is 33.5 Å². The molecule has 0 aliphatic rings. The first-order valence-electron chi connectivity index (χ1n) is 9.13. The van der Waals surface area contributed by atoms with E-state index in [1.54, 1.807) is 0 Å². The minimum absolute atomic E-state index is 0.00301. The number of nitrogens with zero attached hydrogens (tertiary/aromatic N) is 3. The highest BCUT2D eigenvalue weighted by Gasteiger charge is 2.35. The summed E-state index contributed by atoms with van der Waals surface area (Å²) >= 11 is 0. The normalized spacial score (nSPS) is 12.6. The van der Waals surface area contributed by atoms with Crippen LogP contribution in [0.4, 0.5) is 17.6 Å². The second-order valence-corrected chi connectivity index (χ2v) is 7.01. The van der Waals surface area contributed by atoms with Crippen LogP contribution in [-0.4, -0.2) is 48.4 Å². The van der Waals surface area contributed by atoms with Gasteiger partial charge in [-0.25, -0.2) is 4.39 Å². The first kappa shape index (κ1) is 27.2. The Bertz CT molecular complexity index is 1040. The minimum atomic E-state index is -4.74. The van der Waals surface area contributed by atoms with Gasteiger partial charge in [0, 0.05) is 6.42 Å². The molecule has 2 rings (SSSR count). The predicted molar refractivity (Wildman–Crippen MR) is 102 cm³/mol. The number of carbonyl (C=O) groups is 3. The molecule has 1 heterocycles. The van der Waals surface area contributed by atoms with E-state index in [4.69, 9.17) is 15.5 Å². The topological polar surface area (TPSA) is 154 Å². The highest BCUT2D eigenvalue weighted by Crippen LogP contribution is 2.32. The van der Waals surface area contributed by atoms with Crippen LogP contribution in [0.25, 0.3) is 0 Å². The summed E-state index contributed by atoms with van der Waals surface area (Å²) in [6.07, 6.45) is -3.93. The lowest BCUT2D eigenvalue weighted by Gasteiger charge is -2.22. The first-order chi connectivity index (χ1) is 15.2. The van der Waals surface area contributed by atoms with E-state index in [0.717, 1.165) is 23.1 Å². The molecular formula is C20H19F4N3O6. The lowest BCUT2D eigenvalue weighted by Crippen LogP contribution is -2.41. The second kappa shape index (κ2) is 11.2. The zero-order chi connectivity index (χ0) is 25.4. The fraction of sp³-hybridized carbons (Fsp3) is 0.350. The third-order valence-corrected chi connectivity index (χ3v) is 4.10. The summed E-state index contributed by atoms with van der Waals surface area (Å²) in [6.45, 7) is 0.821. The number of carboxylic acid groups (broad SMARTS) is 2. The van der Waals surface area contributed by atoms with Gasteiger partial charge in [0.25, 0.3) is 0 Å². The van der Waals surface area contributed by atoms with Gasteiger partial charge >= 0.3 is 18.1 Å². The number of hydrogen-bond donors (Lipinski definition) is 3. The average molecular weight is 473 g/mol. The van der Waals surface area contributed by atoms with Gasteiger partial charge in [-0.2, -0.15) is 23.5 Å². The highest BCUT2D eigenvalue weighted by atomic mass is 19.4. The summed E-state index contributed by atoms with van der Waals surface area (Å²) in [4.78, 5) is 31.5. The fourth-order valence-corrected chi connectivity index (χ4v) is 2.45. The van der Waals surface area contributed by atoms with Gasteiger partial charge in [0.2, 0.25) is 0 Å². The molecule has 2 aromatic rings. The fourth-order valence-electron chi connectivity index (χ4n) is 2.45. The number of hydrogen-bond acceptors (Lipinski definition) is 6. The zero-order valence-electron chi connectivity index (χ0n) is 17.1. The van der Waals surface area contributed by atoms with E-state index < -0.39 is 52.9 Å². The number of aliphatic hydroxyl groups is 1. The van der Waals surface area contributed by atoms with Crippen LogP contribution in [0.3, 0.4) is 0 Å². The Morgan fingerprint density at radius 2 is 1.73 bits per heavy atom. The van der Waals surface area contributed by atoms with E-state index in [-0.39, 0.29) is 24.9 Å². The highest BCUT2D eigenvalue weighted by molar-refractivity contribution is 5.88. The van der Waals surface area contributed by atoms with Gasteiger partial charge in [0.05, 0.1) is 49.0 Å². The summed E-state index contributed by atoms with van der Waals surface area (Å²) in [7, 11) is 0. The van der Waals surface area contributed by atoms with Crippen molar-refractivity contribution in [2.24, 2.45) is 0 Å². The average Bonchev–Trinajstić information content (AvgIpc) is 3.10. The van der Waals surface area contributed by atoms with Crippen molar-refractivity contribution in [3.8, 4) is 6.07 Å². The molecule has 33 heavy (non-hydrogen) atoms. The predicted octanol–water partition coefficient (Wildman–Crippen LogP) is 2.41. The van der Waals surface area contributed by atoms with Crippen LogP contribution < -0.4 is 0 Å². The zero-order valence-corrected chi connectivity index (χ0v) is 17.1. The maximum absolute atomic E-state index is 12.9. The summed E-state index contributed by atoms with van der Waals surface area (Å²) in [6, 6.07) is 4.35. The molecule has 1 aromatic carbocycles. The van der Waals surface area contributed by atoms with Crippen LogP contribution in [0, 0.1) is 17.1 Å². The molecule has 13 heteroatoms. The molecule has 178 valence electrons. The maximum Gasteiger partial charge on any atom is 0.417 e. The third-order valence-electron chi connectivity index (χ3n) is 4.10. The molecule has 1 atom stereocenters. The van der Waals surface area contributed by atoms with Crippen LogP contribution in [0.5, 0.6) is 0 Å². The molecule has 0 saturated carbocycles. The Kier molecular flexibility index (Phi) is 9.24. The van der Waals surface area contributed by atoms with E-state index in [1.165, 1.54) is 19.1 Å². The lowest BCUT2D eigenvalue weighted by atomic mass is 9.93. The SMILES string of the molecule is C[C@](O)(Cn1cc(F)cn1)C(=O)Cc1ccc(C#N)c(C(F)(F)F)c1.O=C(O)CCC(=O)O. The number of rotatable bonds is 8. The van der Waals surface area contributed by atoms with Crippen LogP contribution in [0.15, 0.2) is 30.6 Å².